The molecular formula is C17H29NO. The summed E-state index contributed by atoms with van der Waals surface area (Å²) in [5.41, 5.74) is 2.66. The first kappa shape index (κ1) is 16.0. The zero-order valence-electron chi connectivity index (χ0n) is 13.5. The van der Waals surface area contributed by atoms with Crippen molar-refractivity contribution in [3.05, 3.63) is 29.8 Å². The molecule has 0 aliphatic rings. The first-order chi connectivity index (χ1) is 8.64. The maximum Gasteiger partial charge on any atom is 0.0642 e. The molecule has 0 fully saturated rings. The van der Waals surface area contributed by atoms with Crippen LogP contribution >= 0.6 is 0 Å². The molecule has 1 atom stereocenters. The SMILES string of the molecule is COC(C)(C)CC(C)Nc1ccc(C(C)(C)C)cc1. The molecule has 1 N–H and O–H groups in total. The molecule has 108 valence electrons. The molecule has 0 saturated carbocycles. The highest BCUT2D eigenvalue weighted by Crippen LogP contribution is 2.24. The van der Waals surface area contributed by atoms with Crippen LogP contribution in [0.3, 0.4) is 0 Å². The van der Waals surface area contributed by atoms with Crippen molar-refractivity contribution in [2.45, 2.75) is 65.0 Å². The van der Waals surface area contributed by atoms with Crippen LogP contribution in [0.4, 0.5) is 5.69 Å². The van der Waals surface area contributed by atoms with Crippen LogP contribution < -0.4 is 5.32 Å². The Labute approximate surface area is 118 Å². The maximum atomic E-state index is 5.47. The van der Waals surface area contributed by atoms with E-state index >= 15 is 0 Å². The Bertz CT molecular complexity index is 387. The molecule has 0 spiro atoms. The topological polar surface area (TPSA) is 21.3 Å². The van der Waals surface area contributed by atoms with Crippen LogP contribution in [0.15, 0.2) is 24.3 Å². The van der Waals surface area contributed by atoms with Gasteiger partial charge in [-0.3, -0.25) is 0 Å². The third-order valence-electron chi connectivity index (χ3n) is 3.51. The molecule has 1 aromatic carbocycles. The standard InChI is InChI=1S/C17H29NO/c1-13(12-17(5,6)19-7)18-15-10-8-14(9-11-15)16(2,3)4/h8-11,13,18H,12H2,1-7H3. The number of hydrogen-bond donors (Lipinski definition) is 1. The van der Waals surface area contributed by atoms with Crippen LogP contribution in [-0.4, -0.2) is 18.8 Å². The summed E-state index contributed by atoms with van der Waals surface area (Å²) in [5.74, 6) is 0. The minimum absolute atomic E-state index is 0.0855. The lowest BCUT2D eigenvalue weighted by Crippen LogP contribution is -2.31. The largest absolute Gasteiger partial charge is 0.382 e. The summed E-state index contributed by atoms with van der Waals surface area (Å²) in [4.78, 5) is 0. The molecule has 0 heterocycles. The summed E-state index contributed by atoms with van der Waals surface area (Å²) in [6, 6.07) is 9.12. The van der Waals surface area contributed by atoms with Crippen molar-refractivity contribution in [3.63, 3.8) is 0 Å². The second-order valence-corrected chi connectivity index (χ2v) is 7.04. The first-order valence-electron chi connectivity index (χ1n) is 7.06. The molecule has 0 aliphatic heterocycles. The first-order valence-corrected chi connectivity index (χ1v) is 7.06. The molecule has 1 unspecified atom stereocenters. The van der Waals surface area contributed by atoms with Gasteiger partial charge in [0.1, 0.15) is 0 Å². The lowest BCUT2D eigenvalue weighted by atomic mass is 9.87. The Kier molecular flexibility index (Phi) is 5.03. The lowest BCUT2D eigenvalue weighted by Gasteiger charge is -2.28. The number of rotatable bonds is 5. The molecule has 1 aromatic rings. The average molecular weight is 263 g/mol. The Morgan fingerprint density at radius 2 is 1.58 bits per heavy atom. The predicted octanol–water partition coefficient (Wildman–Crippen LogP) is 4.60. The van der Waals surface area contributed by atoms with Gasteiger partial charge in [0.15, 0.2) is 0 Å². The zero-order chi connectivity index (χ0) is 14.7. The van der Waals surface area contributed by atoms with Crippen molar-refractivity contribution in [2.75, 3.05) is 12.4 Å². The van der Waals surface area contributed by atoms with E-state index < -0.39 is 0 Å². The second kappa shape index (κ2) is 5.96. The van der Waals surface area contributed by atoms with E-state index in [9.17, 15) is 0 Å². The van der Waals surface area contributed by atoms with Crippen LogP contribution in [0.25, 0.3) is 0 Å². The average Bonchev–Trinajstić information content (AvgIpc) is 2.27. The number of benzene rings is 1. The third-order valence-corrected chi connectivity index (χ3v) is 3.51. The van der Waals surface area contributed by atoms with Crippen LogP contribution in [0.5, 0.6) is 0 Å². The number of ether oxygens (including phenoxy) is 1. The highest BCUT2D eigenvalue weighted by Gasteiger charge is 2.20. The van der Waals surface area contributed by atoms with Crippen LogP contribution in [-0.2, 0) is 10.2 Å². The summed E-state index contributed by atoms with van der Waals surface area (Å²) in [5, 5.41) is 3.53. The quantitative estimate of drug-likeness (QED) is 0.838. The minimum atomic E-state index is -0.0855. The van der Waals surface area contributed by atoms with Gasteiger partial charge in [0.2, 0.25) is 0 Å². The Balaban J connectivity index is 2.63. The number of methoxy groups -OCH3 is 1. The molecule has 0 aliphatic carbocycles. The van der Waals surface area contributed by atoms with Gasteiger partial charge in [-0.25, -0.2) is 0 Å². The van der Waals surface area contributed by atoms with Crippen molar-refractivity contribution in [2.24, 2.45) is 0 Å². The summed E-state index contributed by atoms with van der Waals surface area (Å²) < 4.78 is 5.47. The number of nitrogens with one attached hydrogen (secondary N) is 1. The van der Waals surface area contributed by atoms with E-state index in [2.05, 4.69) is 71.1 Å². The van der Waals surface area contributed by atoms with Crippen molar-refractivity contribution in [3.8, 4) is 0 Å². The third kappa shape index (κ3) is 5.23. The highest BCUT2D eigenvalue weighted by molar-refractivity contribution is 5.46. The monoisotopic (exact) mass is 263 g/mol. The van der Waals surface area contributed by atoms with E-state index in [1.54, 1.807) is 7.11 Å². The van der Waals surface area contributed by atoms with Gasteiger partial charge in [0.25, 0.3) is 0 Å². The van der Waals surface area contributed by atoms with E-state index in [4.69, 9.17) is 4.74 Å². The second-order valence-electron chi connectivity index (χ2n) is 7.04. The highest BCUT2D eigenvalue weighted by atomic mass is 16.5. The summed E-state index contributed by atoms with van der Waals surface area (Å²) >= 11 is 0. The van der Waals surface area contributed by atoms with Crippen LogP contribution in [0.2, 0.25) is 0 Å². The molecule has 19 heavy (non-hydrogen) atoms. The smallest absolute Gasteiger partial charge is 0.0642 e. The van der Waals surface area contributed by atoms with Gasteiger partial charge in [-0.2, -0.15) is 0 Å². The van der Waals surface area contributed by atoms with E-state index in [0.29, 0.717) is 6.04 Å². The molecule has 1 rings (SSSR count). The normalized spacial score (nSPS) is 14.3. The fourth-order valence-electron chi connectivity index (χ4n) is 2.22. The molecule has 0 radical (unpaired) electrons. The summed E-state index contributed by atoms with van der Waals surface area (Å²) in [6.07, 6.45) is 0.977. The van der Waals surface area contributed by atoms with Gasteiger partial charge in [-0.1, -0.05) is 32.9 Å². The van der Waals surface area contributed by atoms with Crippen molar-refractivity contribution in [1.29, 1.82) is 0 Å². The molecule has 0 saturated heterocycles. The van der Waals surface area contributed by atoms with Crippen molar-refractivity contribution < 1.29 is 4.74 Å². The van der Waals surface area contributed by atoms with Gasteiger partial charge >= 0.3 is 0 Å². The number of hydrogen-bond acceptors (Lipinski definition) is 2. The summed E-state index contributed by atoms with van der Waals surface area (Å²) in [6.45, 7) is 13.1. The Morgan fingerprint density at radius 3 is 2.00 bits per heavy atom. The van der Waals surface area contributed by atoms with Crippen molar-refractivity contribution in [1.82, 2.24) is 0 Å². The van der Waals surface area contributed by atoms with E-state index in [1.165, 1.54) is 11.3 Å². The lowest BCUT2D eigenvalue weighted by molar-refractivity contribution is 0.0128. The van der Waals surface area contributed by atoms with Gasteiger partial charge in [0.05, 0.1) is 5.60 Å². The van der Waals surface area contributed by atoms with Crippen LogP contribution in [0, 0.1) is 0 Å². The van der Waals surface area contributed by atoms with Gasteiger partial charge < -0.3 is 10.1 Å². The van der Waals surface area contributed by atoms with E-state index in [-0.39, 0.29) is 11.0 Å². The molecule has 2 heteroatoms. The summed E-state index contributed by atoms with van der Waals surface area (Å²) in [7, 11) is 1.77. The van der Waals surface area contributed by atoms with Gasteiger partial charge in [-0.05, 0) is 50.3 Å². The van der Waals surface area contributed by atoms with Crippen molar-refractivity contribution >= 4 is 5.69 Å². The fourth-order valence-corrected chi connectivity index (χ4v) is 2.22. The molecule has 0 aromatic heterocycles. The number of anilines is 1. The Morgan fingerprint density at radius 1 is 1.05 bits per heavy atom. The van der Waals surface area contributed by atoms with Crippen LogP contribution in [0.1, 0.15) is 53.5 Å². The molecule has 0 amide bonds. The predicted molar refractivity (Wildman–Crippen MR) is 83.9 cm³/mol. The van der Waals surface area contributed by atoms with Gasteiger partial charge in [0, 0.05) is 18.8 Å². The minimum Gasteiger partial charge on any atom is -0.382 e. The van der Waals surface area contributed by atoms with Gasteiger partial charge in [-0.15, -0.1) is 0 Å². The Hall–Kier alpha value is -1.02. The zero-order valence-corrected chi connectivity index (χ0v) is 13.5. The van der Waals surface area contributed by atoms with E-state index in [0.717, 1.165) is 6.42 Å². The molecule has 0 bridgehead atoms. The molecular weight excluding hydrogens is 234 g/mol. The molecule has 2 nitrogen and oxygen atoms in total. The fraction of sp³-hybridized carbons (Fsp3) is 0.647. The maximum absolute atomic E-state index is 5.47. The van der Waals surface area contributed by atoms with E-state index in [1.807, 2.05) is 0 Å².